The van der Waals surface area contributed by atoms with Gasteiger partial charge in [0.05, 0.1) is 11.8 Å². The zero-order chi connectivity index (χ0) is 20.5. The lowest BCUT2D eigenvalue weighted by Gasteiger charge is -2.41. The summed E-state index contributed by atoms with van der Waals surface area (Å²) in [4.78, 5) is 17.4. The highest BCUT2D eigenvalue weighted by molar-refractivity contribution is 5.95. The number of nitrogens with zero attached hydrogens (tertiary/aromatic N) is 4. The van der Waals surface area contributed by atoms with Gasteiger partial charge in [-0.1, -0.05) is 0 Å². The summed E-state index contributed by atoms with van der Waals surface area (Å²) in [5.74, 6) is -0.683. The lowest BCUT2D eigenvalue weighted by molar-refractivity contribution is -0.145. The highest BCUT2D eigenvalue weighted by atomic mass is 19.4. The number of alkyl halides is 3. The third-order valence-electron chi connectivity index (χ3n) is 5.87. The van der Waals surface area contributed by atoms with E-state index in [1.54, 1.807) is 13.8 Å². The Bertz CT molecular complexity index is 672. The SMILES string of the molecule is CC(C)n1ncc(C(=O)NC2CCN(C3CCN(C)CC3)CC2)c1C(F)(F)F. The van der Waals surface area contributed by atoms with Crippen molar-refractivity contribution in [3.05, 3.63) is 17.5 Å². The van der Waals surface area contributed by atoms with Crippen molar-refractivity contribution >= 4 is 5.91 Å². The smallest absolute Gasteiger partial charge is 0.349 e. The van der Waals surface area contributed by atoms with Gasteiger partial charge in [-0.2, -0.15) is 18.3 Å². The predicted molar refractivity (Wildman–Crippen MR) is 100 cm³/mol. The van der Waals surface area contributed by atoms with E-state index in [1.807, 2.05) is 0 Å². The van der Waals surface area contributed by atoms with Crippen molar-refractivity contribution < 1.29 is 18.0 Å². The number of rotatable bonds is 4. The number of nitrogens with one attached hydrogen (secondary N) is 1. The Morgan fingerprint density at radius 2 is 1.75 bits per heavy atom. The van der Waals surface area contributed by atoms with Gasteiger partial charge in [-0.3, -0.25) is 9.48 Å². The molecule has 3 rings (SSSR count). The van der Waals surface area contributed by atoms with Crippen LogP contribution in [0.4, 0.5) is 13.2 Å². The zero-order valence-electron chi connectivity index (χ0n) is 16.8. The van der Waals surface area contributed by atoms with Crippen molar-refractivity contribution in [2.75, 3.05) is 33.2 Å². The van der Waals surface area contributed by atoms with Crippen LogP contribution in [0, 0.1) is 0 Å². The monoisotopic (exact) mass is 401 g/mol. The van der Waals surface area contributed by atoms with Gasteiger partial charge in [0.25, 0.3) is 5.91 Å². The summed E-state index contributed by atoms with van der Waals surface area (Å²) in [5.41, 5.74) is -1.36. The molecule has 0 unspecified atom stereocenters. The molecule has 1 aromatic rings. The number of aromatic nitrogens is 2. The summed E-state index contributed by atoms with van der Waals surface area (Å²) in [6.07, 6.45) is 0.236. The molecule has 0 aromatic carbocycles. The van der Waals surface area contributed by atoms with E-state index in [2.05, 4.69) is 27.3 Å². The highest BCUT2D eigenvalue weighted by Crippen LogP contribution is 2.33. The molecule has 1 aromatic heterocycles. The van der Waals surface area contributed by atoms with Gasteiger partial charge in [0, 0.05) is 31.2 Å². The molecule has 0 atom stereocenters. The molecule has 0 saturated carbocycles. The lowest BCUT2D eigenvalue weighted by atomic mass is 9.98. The summed E-state index contributed by atoms with van der Waals surface area (Å²) >= 11 is 0. The molecule has 2 aliphatic rings. The molecule has 9 heteroatoms. The second-order valence-corrected chi connectivity index (χ2v) is 8.26. The van der Waals surface area contributed by atoms with Crippen LogP contribution in [-0.2, 0) is 6.18 Å². The minimum atomic E-state index is -4.62. The maximum absolute atomic E-state index is 13.5. The fourth-order valence-corrected chi connectivity index (χ4v) is 4.23. The Morgan fingerprint density at radius 3 is 2.29 bits per heavy atom. The highest BCUT2D eigenvalue weighted by Gasteiger charge is 2.41. The van der Waals surface area contributed by atoms with E-state index in [1.165, 1.54) is 0 Å². The molecule has 0 aliphatic carbocycles. The molecule has 0 spiro atoms. The molecule has 0 radical (unpaired) electrons. The number of carbonyl (C=O) groups excluding carboxylic acids is 1. The fourth-order valence-electron chi connectivity index (χ4n) is 4.23. The van der Waals surface area contributed by atoms with Gasteiger partial charge in [0.1, 0.15) is 0 Å². The molecular formula is C19H30F3N5O. The molecule has 2 fully saturated rings. The largest absolute Gasteiger partial charge is 0.433 e. The van der Waals surface area contributed by atoms with Gasteiger partial charge in [-0.05, 0) is 59.7 Å². The first-order valence-electron chi connectivity index (χ1n) is 10.0. The van der Waals surface area contributed by atoms with E-state index < -0.39 is 23.8 Å². The molecule has 1 amide bonds. The van der Waals surface area contributed by atoms with Crippen LogP contribution >= 0.6 is 0 Å². The molecule has 0 bridgehead atoms. The van der Waals surface area contributed by atoms with Gasteiger partial charge < -0.3 is 15.1 Å². The standard InChI is InChI=1S/C19H30F3N5O/c1-13(2)27-17(19(20,21)22)16(12-23-27)18(28)24-14-4-10-26(11-5-14)15-6-8-25(3)9-7-15/h12-15H,4-11H2,1-3H3,(H,24,28). The van der Waals surface area contributed by atoms with Crippen molar-refractivity contribution in [3.8, 4) is 0 Å². The third kappa shape index (κ3) is 4.68. The van der Waals surface area contributed by atoms with Crippen LogP contribution in [0.3, 0.4) is 0 Å². The quantitative estimate of drug-likeness (QED) is 0.843. The van der Waals surface area contributed by atoms with Crippen LogP contribution in [-0.4, -0.2) is 70.8 Å². The average Bonchev–Trinajstić information content (AvgIpc) is 3.09. The molecular weight excluding hydrogens is 371 g/mol. The molecule has 2 aliphatic heterocycles. The number of piperidine rings is 2. The summed E-state index contributed by atoms with van der Waals surface area (Å²) in [5, 5.41) is 6.60. The Hall–Kier alpha value is -1.61. The topological polar surface area (TPSA) is 53.4 Å². The summed E-state index contributed by atoms with van der Waals surface area (Å²) in [6.45, 7) is 7.17. The van der Waals surface area contributed by atoms with Crippen molar-refractivity contribution in [1.82, 2.24) is 24.9 Å². The number of carbonyl (C=O) groups is 1. The van der Waals surface area contributed by atoms with Crippen LogP contribution < -0.4 is 5.32 Å². The second-order valence-electron chi connectivity index (χ2n) is 8.26. The number of hydrogen-bond acceptors (Lipinski definition) is 4. The van der Waals surface area contributed by atoms with Crippen LogP contribution in [0.25, 0.3) is 0 Å². The fraction of sp³-hybridized carbons (Fsp3) is 0.789. The van der Waals surface area contributed by atoms with E-state index in [4.69, 9.17) is 0 Å². The van der Waals surface area contributed by atoms with Gasteiger partial charge in [-0.15, -0.1) is 0 Å². The van der Waals surface area contributed by atoms with Crippen LogP contribution in [0.2, 0.25) is 0 Å². The maximum Gasteiger partial charge on any atom is 0.433 e. The maximum atomic E-state index is 13.5. The third-order valence-corrected chi connectivity index (χ3v) is 5.87. The van der Waals surface area contributed by atoms with Crippen LogP contribution in [0.5, 0.6) is 0 Å². The average molecular weight is 401 g/mol. The van der Waals surface area contributed by atoms with Crippen LogP contribution in [0.15, 0.2) is 6.20 Å². The Kier molecular flexibility index (Phi) is 6.34. The number of likely N-dealkylation sites (tertiary alicyclic amines) is 2. The van der Waals surface area contributed by atoms with Gasteiger partial charge in [-0.25, -0.2) is 0 Å². The van der Waals surface area contributed by atoms with Crippen molar-refractivity contribution in [2.24, 2.45) is 0 Å². The first-order chi connectivity index (χ1) is 13.2. The van der Waals surface area contributed by atoms with E-state index in [0.29, 0.717) is 6.04 Å². The Morgan fingerprint density at radius 1 is 1.14 bits per heavy atom. The van der Waals surface area contributed by atoms with Gasteiger partial charge in [0.2, 0.25) is 0 Å². The van der Waals surface area contributed by atoms with E-state index in [-0.39, 0.29) is 11.6 Å². The Labute approximate surface area is 164 Å². The normalized spacial score (nSPS) is 21.4. The second kappa shape index (κ2) is 8.41. The summed E-state index contributed by atoms with van der Waals surface area (Å²) in [6, 6.07) is 0.00315. The first-order valence-corrected chi connectivity index (χ1v) is 10.0. The summed E-state index contributed by atoms with van der Waals surface area (Å²) < 4.78 is 41.3. The lowest BCUT2D eigenvalue weighted by Crippen LogP contribution is -2.50. The zero-order valence-corrected chi connectivity index (χ0v) is 16.8. The molecule has 158 valence electrons. The van der Waals surface area contributed by atoms with E-state index in [0.717, 1.165) is 62.7 Å². The molecule has 28 heavy (non-hydrogen) atoms. The molecule has 2 saturated heterocycles. The minimum absolute atomic E-state index is 0.0986. The van der Waals surface area contributed by atoms with Gasteiger partial charge in [0.15, 0.2) is 5.69 Å². The van der Waals surface area contributed by atoms with E-state index in [9.17, 15) is 18.0 Å². The van der Waals surface area contributed by atoms with Crippen molar-refractivity contribution in [3.63, 3.8) is 0 Å². The number of halogens is 3. The predicted octanol–water partition coefficient (Wildman–Crippen LogP) is 2.77. The Balaban J connectivity index is 1.59. The van der Waals surface area contributed by atoms with Crippen LogP contribution in [0.1, 0.15) is 61.6 Å². The summed E-state index contributed by atoms with van der Waals surface area (Å²) in [7, 11) is 2.13. The van der Waals surface area contributed by atoms with E-state index >= 15 is 0 Å². The molecule has 3 heterocycles. The first kappa shape index (κ1) is 21.1. The van der Waals surface area contributed by atoms with Crippen molar-refractivity contribution in [2.45, 2.75) is 63.8 Å². The molecule has 1 N–H and O–H groups in total. The van der Waals surface area contributed by atoms with Gasteiger partial charge >= 0.3 is 6.18 Å². The van der Waals surface area contributed by atoms with Crippen molar-refractivity contribution in [1.29, 1.82) is 0 Å². The minimum Gasteiger partial charge on any atom is -0.349 e. The molecule has 6 nitrogen and oxygen atoms in total. The number of amides is 1. The number of hydrogen-bond donors (Lipinski definition) is 1.